The number of carbonyl (C=O) groups excluding carboxylic acids is 1. The zero-order valence-electron chi connectivity index (χ0n) is 14.0. The number of methoxy groups -OCH3 is 1. The maximum Gasteiger partial charge on any atom is 0.320 e. The van der Waals surface area contributed by atoms with Gasteiger partial charge in [0, 0.05) is 13.2 Å². The van der Waals surface area contributed by atoms with Crippen LogP contribution in [0.2, 0.25) is 0 Å². The van der Waals surface area contributed by atoms with Crippen molar-refractivity contribution in [2.45, 2.75) is 13.0 Å². The van der Waals surface area contributed by atoms with Gasteiger partial charge in [-0.1, -0.05) is 30.3 Å². The van der Waals surface area contributed by atoms with Crippen LogP contribution < -0.4 is 16.4 Å². The average Bonchev–Trinajstić information content (AvgIpc) is 2.96. The number of nitrogens with one attached hydrogen (secondary N) is 3. The van der Waals surface area contributed by atoms with Crippen LogP contribution in [0.4, 0.5) is 16.4 Å². The highest BCUT2D eigenvalue weighted by atomic mass is 16.5. The average molecular weight is 340 g/mol. The second-order valence-corrected chi connectivity index (χ2v) is 5.64. The second-order valence-electron chi connectivity index (χ2n) is 5.64. The summed E-state index contributed by atoms with van der Waals surface area (Å²) in [6.45, 7) is 2.18. The number of amides is 2. The normalized spacial score (nSPS) is 12.1. The molecule has 2 aromatic heterocycles. The summed E-state index contributed by atoms with van der Waals surface area (Å²) in [5.74, 6) is 0.801. The third kappa shape index (κ3) is 3.69. The number of nitrogens with zero attached hydrogens (tertiary/aromatic N) is 2. The Labute approximate surface area is 144 Å². The summed E-state index contributed by atoms with van der Waals surface area (Å²) in [5, 5.41) is 13.2. The van der Waals surface area contributed by atoms with Gasteiger partial charge in [-0.15, -0.1) is 0 Å². The number of rotatable bonds is 5. The van der Waals surface area contributed by atoms with Crippen LogP contribution in [0.5, 0.6) is 0 Å². The molecule has 0 aliphatic rings. The molecule has 0 bridgehead atoms. The van der Waals surface area contributed by atoms with Gasteiger partial charge in [-0.3, -0.25) is 10.4 Å². The predicted octanol–water partition coefficient (Wildman–Crippen LogP) is 2.36. The fourth-order valence-electron chi connectivity index (χ4n) is 2.71. The quantitative estimate of drug-likeness (QED) is 0.568. The fourth-order valence-corrected chi connectivity index (χ4v) is 2.71. The number of fused-ring (bicyclic) bond motifs is 1. The minimum Gasteiger partial charge on any atom is -0.382 e. The van der Waals surface area contributed by atoms with Crippen LogP contribution in [0.1, 0.15) is 17.3 Å². The van der Waals surface area contributed by atoms with Crippen LogP contribution in [0.25, 0.3) is 10.9 Å². The van der Waals surface area contributed by atoms with Gasteiger partial charge < -0.3 is 15.8 Å². The second kappa shape index (κ2) is 7.18. The van der Waals surface area contributed by atoms with Crippen molar-refractivity contribution in [3.63, 3.8) is 0 Å². The molecule has 8 heteroatoms. The zero-order valence-corrected chi connectivity index (χ0v) is 14.0. The molecule has 0 radical (unpaired) electrons. The smallest absolute Gasteiger partial charge is 0.320 e. The van der Waals surface area contributed by atoms with E-state index in [9.17, 15) is 4.79 Å². The van der Waals surface area contributed by atoms with E-state index in [0.717, 1.165) is 16.5 Å². The number of anilines is 2. The van der Waals surface area contributed by atoms with E-state index in [2.05, 4.69) is 25.8 Å². The summed E-state index contributed by atoms with van der Waals surface area (Å²) in [6.07, 6.45) is 0. The number of aromatic nitrogens is 3. The summed E-state index contributed by atoms with van der Waals surface area (Å²) in [6, 6.07) is 10.7. The van der Waals surface area contributed by atoms with Crippen molar-refractivity contribution in [3.8, 4) is 0 Å². The van der Waals surface area contributed by atoms with Crippen LogP contribution in [0.15, 0.2) is 36.4 Å². The first-order valence-corrected chi connectivity index (χ1v) is 7.81. The lowest BCUT2D eigenvalue weighted by Gasteiger charge is -2.18. The van der Waals surface area contributed by atoms with Gasteiger partial charge in [-0.05, 0) is 12.5 Å². The lowest BCUT2D eigenvalue weighted by molar-refractivity contribution is 0.168. The lowest BCUT2D eigenvalue weighted by atomic mass is 10.1. The van der Waals surface area contributed by atoms with Gasteiger partial charge in [0.05, 0.1) is 29.2 Å². The molecule has 8 nitrogen and oxygen atoms in total. The molecule has 2 heterocycles. The SMILES string of the molecule is COC[C@@H](NC(=O)Nc1cc2[nH]nc(N)c2c(C)n1)c1ccccc1. The van der Waals surface area contributed by atoms with Crippen LogP contribution in [0, 0.1) is 6.92 Å². The first-order chi connectivity index (χ1) is 12.1. The monoisotopic (exact) mass is 340 g/mol. The number of hydrogen-bond acceptors (Lipinski definition) is 5. The topological polar surface area (TPSA) is 118 Å². The van der Waals surface area contributed by atoms with Gasteiger partial charge >= 0.3 is 6.03 Å². The summed E-state index contributed by atoms with van der Waals surface area (Å²) in [5.41, 5.74) is 8.16. The number of nitrogens with two attached hydrogens (primary N) is 1. The van der Waals surface area contributed by atoms with E-state index in [1.54, 1.807) is 13.2 Å². The number of H-pyrrole nitrogens is 1. The Hall–Kier alpha value is -3.13. The molecule has 5 N–H and O–H groups in total. The minimum atomic E-state index is -0.371. The number of nitrogen functional groups attached to an aromatic ring is 1. The molecule has 3 aromatic rings. The molecule has 2 amide bonds. The number of ether oxygens (including phenoxy) is 1. The highest BCUT2D eigenvalue weighted by molar-refractivity contribution is 5.95. The number of benzene rings is 1. The minimum absolute atomic E-state index is 0.265. The number of carbonyl (C=O) groups is 1. The van der Waals surface area contributed by atoms with Crippen molar-refractivity contribution < 1.29 is 9.53 Å². The van der Waals surface area contributed by atoms with E-state index in [0.29, 0.717) is 23.9 Å². The molecule has 0 fully saturated rings. The zero-order chi connectivity index (χ0) is 17.8. The molecule has 1 aromatic carbocycles. The molecule has 130 valence electrons. The summed E-state index contributed by atoms with van der Waals surface area (Å²) in [7, 11) is 1.59. The maximum absolute atomic E-state index is 12.4. The van der Waals surface area contributed by atoms with Crippen molar-refractivity contribution >= 4 is 28.6 Å². The fraction of sp³-hybridized carbons (Fsp3) is 0.235. The first-order valence-electron chi connectivity index (χ1n) is 7.81. The highest BCUT2D eigenvalue weighted by Crippen LogP contribution is 2.23. The van der Waals surface area contributed by atoms with Crippen molar-refractivity contribution in [3.05, 3.63) is 47.7 Å². The van der Waals surface area contributed by atoms with Gasteiger partial charge in [0.1, 0.15) is 5.82 Å². The van der Waals surface area contributed by atoms with Crippen molar-refractivity contribution in [1.82, 2.24) is 20.5 Å². The van der Waals surface area contributed by atoms with Crippen LogP contribution in [-0.4, -0.2) is 34.9 Å². The number of aromatic amines is 1. The van der Waals surface area contributed by atoms with Gasteiger partial charge in [-0.2, -0.15) is 5.10 Å². The Balaban J connectivity index is 1.75. The predicted molar refractivity (Wildman–Crippen MR) is 96.3 cm³/mol. The molecule has 0 spiro atoms. The van der Waals surface area contributed by atoms with Crippen molar-refractivity contribution in [2.24, 2.45) is 0 Å². The molecular weight excluding hydrogens is 320 g/mol. The van der Waals surface area contributed by atoms with Crippen molar-refractivity contribution in [2.75, 3.05) is 24.8 Å². The Kier molecular flexibility index (Phi) is 4.80. The van der Waals surface area contributed by atoms with Gasteiger partial charge in [0.25, 0.3) is 0 Å². The van der Waals surface area contributed by atoms with Gasteiger partial charge in [0.2, 0.25) is 0 Å². The van der Waals surface area contributed by atoms with Crippen LogP contribution in [0.3, 0.4) is 0 Å². The van der Waals surface area contributed by atoms with E-state index in [-0.39, 0.29) is 12.1 Å². The molecule has 0 aliphatic carbocycles. The molecule has 1 atom stereocenters. The van der Waals surface area contributed by atoms with E-state index in [1.807, 2.05) is 37.3 Å². The number of hydrogen-bond donors (Lipinski definition) is 4. The summed E-state index contributed by atoms with van der Waals surface area (Å²) < 4.78 is 5.20. The van der Waals surface area contributed by atoms with Gasteiger partial charge in [0.15, 0.2) is 5.82 Å². The molecule has 0 saturated heterocycles. The summed E-state index contributed by atoms with van der Waals surface area (Å²) in [4.78, 5) is 16.7. The largest absolute Gasteiger partial charge is 0.382 e. The Morgan fingerprint density at radius 2 is 2.12 bits per heavy atom. The molecule has 0 saturated carbocycles. The number of pyridine rings is 1. The van der Waals surface area contributed by atoms with Crippen LogP contribution in [-0.2, 0) is 4.74 Å². The highest BCUT2D eigenvalue weighted by Gasteiger charge is 2.16. The van der Waals surface area contributed by atoms with E-state index >= 15 is 0 Å². The third-order valence-electron chi connectivity index (χ3n) is 3.84. The first kappa shape index (κ1) is 16.7. The van der Waals surface area contributed by atoms with Crippen LogP contribution >= 0.6 is 0 Å². The van der Waals surface area contributed by atoms with E-state index < -0.39 is 0 Å². The maximum atomic E-state index is 12.4. The van der Waals surface area contributed by atoms with E-state index in [1.165, 1.54) is 0 Å². The molecule has 3 rings (SSSR count). The molecule has 0 aliphatic heterocycles. The standard InChI is InChI=1S/C17H20N6O2/c1-10-15-12(22-23-16(15)18)8-14(19-10)21-17(24)20-13(9-25-2)11-6-4-3-5-7-11/h3-8,13H,9H2,1-2H3,(H3,18,22,23)(H2,19,20,21,24)/t13-/m1/s1. The van der Waals surface area contributed by atoms with E-state index in [4.69, 9.17) is 10.5 Å². The summed E-state index contributed by atoms with van der Waals surface area (Å²) >= 11 is 0. The molecular formula is C17H20N6O2. The lowest BCUT2D eigenvalue weighted by Crippen LogP contribution is -2.35. The molecule has 0 unspecified atom stereocenters. The number of urea groups is 1. The van der Waals surface area contributed by atoms with Gasteiger partial charge in [-0.25, -0.2) is 9.78 Å². The number of aryl methyl sites for hydroxylation is 1. The Morgan fingerprint density at radius 1 is 1.36 bits per heavy atom. The Morgan fingerprint density at radius 3 is 2.84 bits per heavy atom. The third-order valence-corrected chi connectivity index (χ3v) is 3.84. The molecule has 25 heavy (non-hydrogen) atoms. The Bertz CT molecular complexity index is 877. The van der Waals surface area contributed by atoms with Crippen molar-refractivity contribution in [1.29, 1.82) is 0 Å².